The fourth-order valence-corrected chi connectivity index (χ4v) is 11.6. The second-order valence-corrected chi connectivity index (χ2v) is 24.2. The van der Waals surface area contributed by atoms with Gasteiger partial charge in [0.15, 0.2) is 0 Å². The molecule has 0 heterocycles. The molecule has 4 heteroatoms. The minimum absolute atomic E-state index is 0.0482. The Kier molecular flexibility index (Phi) is 12.8. The van der Waals surface area contributed by atoms with Crippen molar-refractivity contribution < 1.29 is 0 Å². The zero-order valence-electron chi connectivity index (χ0n) is 46.6. The Bertz CT molecular complexity index is 3640. The third kappa shape index (κ3) is 9.54. The lowest BCUT2D eigenvalue weighted by atomic mass is 9.81. The van der Waals surface area contributed by atoms with E-state index >= 15 is 0 Å². The number of rotatable bonds is 10. The summed E-state index contributed by atoms with van der Waals surface area (Å²) in [6.07, 6.45) is 8.87. The molecular weight excluding hydrogens is 945 g/mol. The van der Waals surface area contributed by atoms with E-state index in [4.69, 9.17) is 0 Å². The fraction of sp³-hybridized carbons (Fsp3) is 0.189. The van der Waals surface area contributed by atoms with Crippen LogP contribution in [0.25, 0.3) is 46.6 Å². The maximum absolute atomic E-state index is 9.58. The van der Waals surface area contributed by atoms with Gasteiger partial charge in [0, 0.05) is 45.0 Å². The number of nitrogens with zero attached hydrogens (tertiary/aromatic N) is 4. The van der Waals surface area contributed by atoms with Gasteiger partial charge >= 0.3 is 0 Å². The Morgan fingerprint density at radius 1 is 0.321 bits per heavy atom. The van der Waals surface area contributed by atoms with Gasteiger partial charge in [0.2, 0.25) is 0 Å². The van der Waals surface area contributed by atoms with E-state index in [1.165, 1.54) is 66.8 Å². The maximum Gasteiger partial charge on any atom is 0.0991 e. The molecule has 0 saturated heterocycles. The monoisotopic (exact) mass is 1010 g/mol. The molecule has 2 aliphatic carbocycles. The topological polar surface area (TPSA) is 54.1 Å². The van der Waals surface area contributed by atoms with Crippen LogP contribution in [0.5, 0.6) is 0 Å². The van der Waals surface area contributed by atoms with Gasteiger partial charge < -0.3 is 9.80 Å². The van der Waals surface area contributed by atoms with Crippen molar-refractivity contribution in [2.24, 2.45) is 0 Å². The summed E-state index contributed by atoms with van der Waals surface area (Å²) in [6, 6.07) is 74.4. The molecule has 0 radical (unpaired) electrons. The summed E-state index contributed by atoms with van der Waals surface area (Å²) in [5.74, 6) is 0. The molecular formula is C74H66N4. The number of nitriles is 2. The minimum atomic E-state index is -0.219. The predicted octanol–water partition coefficient (Wildman–Crippen LogP) is 19.9. The zero-order valence-corrected chi connectivity index (χ0v) is 46.6. The SMILES string of the molecule is CC(C)(C)c1ccc(N(c2ccc(C#N)cc2)c2ccc3c(c2)C(C)(C)c2cc(/C=C/c4ccc(/C=C/c5ccc6c(c5)C(C)(C)c5cc(N(c7ccc(C#N)cc7)c7ccc(C(C)(C)C)cc7)ccc5-6)cc4)ccc2-3)cc1. The molecule has 0 unspecified atom stereocenters. The lowest BCUT2D eigenvalue weighted by molar-refractivity contribution is 0.590. The number of hydrogen-bond acceptors (Lipinski definition) is 4. The van der Waals surface area contributed by atoms with Crippen LogP contribution in [0.1, 0.15) is 136 Å². The lowest BCUT2D eigenvalue weighted by Gasteiger charge is -2.29. The molecule has 9 aromatic rings. The van der Waals surface area contributed by atoms with Gasteiger partial charge in [-0.05, 0) is 186 Å². The first-order valence-corrected chi connectivity index (χ1v) is 27.2. The van der Waals surface area contributed by atoms with E-state index in [0.717, 1.165) is 45.3 Å². The van der Waals surface area contributed by atoms with Crippen LogP contribution in [0.15, 0.2) is 194 Å². The molecule has 4 nitrogen and oxygen atoms in total. The van der Waals surface area contributed by atoms with Crippen LogP contribution in [0.3, 0.4) is 0 Å². The van der Waals surface area contributed by atoms with E-state index < -0.39 is 0 Å². The molecule has 0 atom stereocenters. The highest BCUT2D eigenvalue weighted by Gasteiger charge is 2.38. The van der Waals surface area contributed by atoms with Crippen LogP contribution < -0.4 is 9.80 Å². The second kappa shape index (κ2) is 19.6. The summed E-state index contributed by atoms with van der Waals surface area (Å²) in [6.45, 7) is 22.8. The number of anilines is 6. The molecule has 0 amide bonds. The van der Waals surface area contributed by atoms with Crippen molar-refractivity contribution in [3.8, 4) is 34.4 Å². The lowest BCUT2D eigenvalue weighted by Crippen LogP contribution is -2.17. The first kappa shape index (κ1) is 51.2. The molecule has 0 aromatic heterocycles. The van der Waals surface area contributed by atoms with Gasteiger partial charge in [0.1, 0.15) is 0 Å². The van der Waals surface area contributed by atoms with Crippen LogP contribution in [0.4, 0.5) is 34.1 Å². The predicted molar refractivity (Wildman–Crippen MR) is 329 cm³/mol. The molecule has 0 saturated carbocycles. The molecule has 9 aromatic carbocycles. The zero-order chi connectivity index (χ0) is 54.7. The van der Waals surface area contributed by atoms with Crippen molar-refractivity contribution in [2.75, 3.05) is 9.80 Å². The first-order valence-electron chi connectivity index (χ1n) is 27.2. The van der Waals surface area contributed by atoms with Gasteiger partial charge in [-0.3, -0.25) is 0 Å². The summed E-state index contributed by atoms with van der Waals surface area (Å²) < 4.78 is 0. The summed E-state index contributed by atoms with van der Waals surface area (Å²) >= 11 is 0. The van der Waals surface area contributed by atoms with Gasteiger partial charge in [0.05, 0.1) is 23.3 Å². The molecule has 2 aliphatic rings. The third-order valence-electron chi connectivity index (χ3n) is 16.2. The summed E-state index contributed by atoms with van der Waals surface area (Å²) in [7, 11) is 0. The van der Waals surface area contributed by atoms with E-state index in [1.54, 1.807) is 0 Å². The summed E-state index contributed by atoms with van der Waals surface area (Å²) in [5, 5.41) is 19.2. The van der Waals surface area contributed by atoms with Crippen molar-refractivity contribution in [2.45, 2.75) is 90.9 Å². The van der Waals surface area contributed by atoms with E-state index in [9.17, 15) is 10.5 Å². The van der Waals surface area contributed by atoms with Crippen molar-refractivity contribution >= 4 is 58.4 Å². The molecule has 0 bridgehead atoms. The smallest absolute Gasteiger partial charge is 0.0991 e. The van der Waals surface area contributed by atoms with Gasteiger partial charge in [-0.15, -0.1) is 0 Å². The molecule has 0 spiro atoms. The first-order chi connectivity index (χ1) is 37.3. The number of benzene rings is 9. The molecule has 0 fully saturated rings. The average Bonchev–Trinajstić information content (AvgIpc) is 4.07. The Labute approximate surface area is 462 Å². The summed E-state index contributed by atoms with van der Waals surface area (Å²) in [4.78, 5) is 4.60. The van der Waals surface area contributed by atoms with Crippen LogP contribution in [-0.4, -0.2) is 0 Å². The Balaban J connectivity index is 0.798. The van der Waals surface area contributed by atoms with Crippen molar-refractivity contribution in [3.63, 3.8) is 0 Å². The number of fused-ring (bicyclic) bond motifs is 6. The quantitative estimate of drug-likeness (QED) is 0.128. The van der Waals surface area contributed by atoms with Gasteiger partial charge in [-0.25, -0.2) is 0 Å². The molecule has 78 heavy (non-hydrogen) atoms. The van der Waals surface area contributed by atoms with Crippen molar-refractivity contribution in [1.29, 1.82) is 10.5 Å². The highest BCUT2D eigenvalue weighted by Crippen LogP contribution is 2.53. The van der Waals surface area contributed by atoms with Crippen LogP contribution in [0.2, 0.25) is 0 Å². The van der Waals surface area contributed by atoms with Crippen molar-refractivity contribution in [3.05, 3.63) is 261 Å². The van der Waals surface area contributed by atoms with E-state index in [1.807, 2.05) is 48.5 Å². The third-order valence-corrected chi connectivity index (χ3v) is 16.2. The Morgan fingerprint density at radius 3 is 0.885 bits per heavy atom. The highest BCUT2D eigenvalue weighted by molar-refractivity contribution is 5.89. The largest absolute Gasteiger partial charge is 0.310 e. The fourth-order valence-electron chi connectivity index (χ4n) is 11.6. The van der Waals surface area contributed by atoms with Gasteiger partial charge in [-0.1, -0.05) is 191 Å². The molecule has 0 N–H and O–H groups in total. The van der Waals surface area contributed by atoms with Gasteiger partial charge in [-0.2, -0.15) is 10.5 Å². The van der Waals surface area contributed by atoms with E-state index in [-0.39, 0.29) is 21.7 Å². The van der Waals surface area contributed by atoms with Crippen molar-refractivity contribution in [1.82, 2.24) is 0 Å². The highest BCUT2D eigenvalue weighted by atomic mass is 15.1. The second-order valence-electron chi connectivity index (χ2n) is 24.2. The maximum atomic E-state index is 9.58. The van der Waals surface area contributed by atoms with Crippen LogP contribution in [0, 0.1) is 22.7 Å². The molecule has 11 rings (SSSR count). The van der Waals surface area contributed by atoms with E-state index in [0.29, 0.717) is 11.1 Å². The Morgan fingerprint density at radius 2 is 0.577 bits per heavy atom. The average molecular weight is 1010 g/mol. The van der Waals surface area contributed by atoms with Crippen LogP contribution in [-0.2, 0) is 21.7 Å². The minimum Gasteiger partial charge on any atom is -0.310 e. The Hall–Kier alpha value is -8.96. The number of hydrogen-bond donors (Lipinski definition) is 0. The normalized spacial score (nSPS) is 13.8. The molecule has 0 aliphatic heterocycles. The van der Waals surface area contributed by atoms with E-state index in [2.05, 4.69) is 261 Å². The van der Waals surface area contributed by atoms with Crippen LogP contribution >= 0.6 is 0 Å². The van der Waals surface area contributed by atoms with Gasteiger partial charge in [0.25, 0.3) is 0 Å². The standard InChI is InChI=1S/C74H66N4/c1-71(2,3)55-25-33-59(34-26-55)77(57-29-19-53(47-75)20-30-57)61-37-41-65-63-39-23-51(43-67(63)73(7,8)69(65)45-61)17-15-49-11-13-50(14-12-49)16-18-52-24-40-64-66-42-38-62(46-70(66)74(9,10)68(64)44-52)78(58-31-21-54(48-76)22-32-58)60-35-27-56(28-36-60)72(4,5)6/h11-46H,1-10H3/b17-15+,18-16+. The summed E-state index contributed by atoms with van der Waals surface area (Å²) in [5.41, 5.74) is 24.8. The molecule has 382 valence electrons.